The van der Waals surface area contributed by atoms with Gasteiger partial charge in [-0.3, -0.25) is 9.59 Å². The molecule has 17 heavy (non-hydrogen) atoms. The molecule has 0 aliphatic carbocycles. The number of nitrogen functional groups attached to an aromatic ring is 1. The van der Waals surface area contributed by atoms with E-state index in [1.165, 1.54) is 6.20 Å². The van der Waals surface area contributed by atoms with Crippen LogP contribution in [0.4, 0.5) is 11.5 Å². The van der Waals surface area contributed by atoms with E-state index in [4.69, 9.17) is 5.73 Å². The number of anilines is 2. The van der Waals surface area contributed by atoms with E-state index in [1.807, 2.05) is 13.8 Å². The molecule has 2 rings (SSSR count). The van der Waals surface area contributed by atoms with Gasteiger partial charge in [0.2, 0.25) is 11.8 Å². The van der Waals surface area contributed by atoms with Gasteiger partial charge in [0.05, 0.1) is 11.9 Å². The molecule has 5 heteroatoms. The Labute approximate surface area is 99.6 Å². The van der Waals surface area contributed by atoms with Crippen molar-refractivity contribution in [2.75, 3.05) is 10.6 Å². The Kier molecular flexibility index (Phi) is 2.61. The fourth-order valence-corrected chi connectivity index (χ4v) is 1.96. The Morgan fingerprint density at radius 1 is 1.24 bits per heavy atom. The molecule has 0 radical (unpaired) electrons. The van der Waals surface area contributed by atoms with Crippen molar-refractivity contribution < 1.29 is 9.59 Å². The van der Waals surface area contributed by atoms with Crippen molar-refractivity contribution in [1.29, 1.82) is 0 Å². The summed E-state index contributed by atoms with van der Waals surface area (Å²) in [6.45, 7) is 3.83. The summed E-state index contributed by atoms with van der Waals surface area (Å²) in [5.41, 5.74) is 5.76. The molecule has 1 fully saturated rings. The Hall–Kier alpha value is -1.91. The van der Waals surface area contributed by atoms with Gasteiger partial charge < -0.3 is 5.73 Å². The average molecular weight is 233 g/mol. The van der Waals surface area contributed by atoms with Crippen molar-refractivity contribution in [1.82, 2.24) is 4.98 Å². The molecule has 1 aromatic heterocycles. The first-order chi connectivity index (χ1) is 7.89. The standard InChI is InChI=1S/C12H15N3O2/c1-12(2)5-10(16)15(11(17)6-12)9-4-3-8(13)7-14-9/h3-4,7H,5-6,13H2,1-2H3. The zero-order valence-electron chi connectivity index (χ0n) is 9.93. The lowest BCUT2D eigenvalue weighted by Gasteiger charge is -2.33. The second kappa shape index (κ2) is 3.84. The fourth-order valence-electron chi connectivity index (χ4n) is 1.96. The number of carbonyl (C=O) groups is 2. The zero-order chi connectivity index (χ0) is 12.6. The van der Waals surface area contributed by atoms with E-state index in [1.54, 1.807) is 12.1 Å². The molecule has 1 saturated heterocycles. The summed E-state index contributed by atoms with van der Waals surface area (Å²) in [4.78, 5) is 29.0. The van der Waals surface area contributed by atoms with Gasteiger partial charge in [-0.05, 0) is 17.5 Å². The van der Waals surface area contributed by atoms with Gasteiger partial charge in [-0.25, -0.2) is 9.88 Å². The molecule has 0 aromatic carbocycles. The molecule has 5 nitrogen and oxygen atoms in total. The minimum absolute atomic E-state index is 0.205. The molecule has 2 N–H and O–H groups in total. The van der Waals surface area contributed by atoms with E-state index >= 15 is 0 Å². The van der Waals surface area contributed by atoms with Gasteiger partial charge in [0.1, 0.15) is 5.82 Å². The lowest BCUT2D eigenvalue weighted by molar-refractivity contribution is -0.132. The first kappa shape index (κ1) is 11.6. The Morgan fingerprint density at radius 3 is 2.29 bits per heavy atom. The molecule has 1 aliphatic heterocycles. The van der Waals surface area contributed by atoms with Crippen LogP contribution in [0.25, 0.3) is 0 Å². The predicted octanol–water partition coefficient (Wildman–Crippen LogP) is 1.34. The van der Waals surface area contributed by atoms with E-state index in [0.717, 1.165) is 4.90 Å². The summed E-state index contributed by atoms with van der Waals surface area (Å²) in [6.07, 6.45) is 2.14. The van der Waals surface area contributed by atoms with Crippen LogP contribution in [0.15, 0.2) is 18.3 Å². The minimum Gasteiger partial charge on any atom is -0.397 e. The quantitative estimate of drug-likeness (QED) is 0.743. The summed E-state index contributed by atoms with van der Waals surface area (Å²) in [5, 5.41) is 0. The average Bonchev–Trinajstić information content (AvgIpc) is 2.18. The first-order valence-corrected chi connectivity index (χ1v) is 5.46. The van der Waals surface area contributed by atoms with Crippen LogP contribution in [0.3, 0.4) is 0 Å². The van der Waals surface area contributed by atoms with Gasteiger partial charge in [0, 0.05) is 12.8 Å². The second-order valence-electron chi connectivity index (χ2n) is 5.09. The van der Waals surface area contributed by atoms with E-state index in [9.17, 15) is 9.59 Å². The highest BCUT2D eigenvalue weighted by atomic mass is 16.2. The Bertz CT molecular complexity index is 445. The van der Waals surface area contributed by atoms with Crippen molar-refractivity contribution in [2.24, 2.45) is 5.41 Å². The fraction of sp³-hybridized carbons (Fsp3) is 0.417. The van der Waals surface area contributed by atoms with Crippen LogP contribution in [0.1, 0.15) is 26.7 Å². The molecule has 2 amide bonds. The molecule has 0 bridgehead atoms. The molecule has 90 valence electrons. The zero-order valence-corrected chi connectivity index (χ0v) is 9.93. The number of carbonyl (C=O) groups excluding carboxylic acids is 2. The van der Waals surface area contributed by atoms with Crippen LogP contribution in [0, 0.1) is 5.41 Å². The van der Waals surface area contributed by atoms with Crippen LogP contribution in [-0.4, -0.2) is 16.8 Å². The lowest BCUT2D eigenvalue weighted by Crippen LogP contribution is -2.46. The number of imide groups is 1. The first-order valence-electron chi connectivity index (χ1n) is 5.46. The molecular weight excluding hydrogens is 218 g/mol. The molecule has 0 spiro atoms. The van der Waals surface area contributed by atoms with Gasteiger partial charge in [-0.1, -0.05) is 13.8 Å². The van der Waals surface area contributed by atoms with Crippen molar-refractivity contribution in [3.63, 3.8) is 0 Å². The second-order valence-corrected chi connectivity index (χ2v) is 5.09. The largest absolute Gasteiger partial charge is 0.397 e. The Morgan fingerprint density at radius 2 is 1.82 bits per heavy atom. The molecule has 1 aliphatic rings. The number of aromatic nitrogens is 1. The van der Waals surface area contributed by atoms with Crippen molar-refractivity contribution in [3.8, 4) is 0 Å². The van der Waals surface area contributed by atoms with Crippen LogP contribution in [0.2, 0.25) is 0 Å². The molecule has 2 heterocycles. The minimum atomic E-state index is -0.265. The Balaban J connectivity index is 2.30. The maximum absolute atomic E-state index is 11.9. The van der Waals surface area contributed by atoms with Crippen molar-refractivity contribution in [3.05, 3.63) is 18.3 Å². The molecule has 0 atom stereocenters. The summed E-state index contributed by atoms with van der Waals surface area (Å²) in [6, 6.07) is 3.21. The van der Waals surface area contributed by atoms with Crippen molar-refractivity contribution in [2.45, 2.75) is 26.7 Å². The number of amides is 2. The predicted molar refractivity (Wildman–Crippen MR) is 64.2 cm³/mol. The summed E-state index contributed by atoms with van der Waals surface area (Å²) >= 11 is 0. The maximum atomic E-state index is 11.9. The summed E-state index contributed by atoms with van der Waals surface area (Å²) in [5.74, 6) is -0.0586. The maximum Gasteiger partial charge on any atom is 0.235 e. The number of rotatable bonds is 1. The van der Waals surface area contributed by atoms with Crippen LogP contribution in [-0.2, 0) is 9.59 Å². The highest BCUT2D eigenvalue weighted by Crippen LogP contribution is 2.33. The van der Waals surface area contributed by atoms with Crippen LogP contribution >= 0.6 is 0 Å². The molecule has 1 aromatic rings. The van der Waals surface area contributed by atoms with E-state index in [-0.39, 0.29) is 17.2 Å². The number of pyridine rings is 1. The number of hydrogen-bond acceptors (Lipinski definition) is 4. The van der Waals surface area contributed by atoms with Gasteiger partial charge in [0.15, 0.2) is 0 Å². The number of nitrogens with two attached hydrogens (primary N) is 1. The number of nitrogens with zero attached hydrogens (tertiary/aromatic N) is 2. The number of hydrogen-bond donors (Lipinski definition) is 1. The topological polar surface area (TPSA) is 76.3 Å². The highest BCUT2D eigenvalue weighted by molar-refractivity contribution is 6.16. The normalized spacial score (nSPS) is 19.5. The summed E-state index contributed by atoms with van der Waals surface area (Å²) in [7, 11) is 0. The van der Waals surface area contributed by atoms with Gasteiger partial charge in [-0.2, -0.15) is 0 Å². The lowest BCUT2D eigenvalue weighted by atomic mass is 9.82. The van der Waals surface area contributed by atoms with E-state index in [0.29, 0.717) is 24.3 Å². The van der Waals surface area contributed by atoms with Gasteiger partial charge in [0.25, 0.3) is 0 Å². The van der Waals surface area contributed by atoms with Crippen LogP contribution < -0.4 is 10.6 Å². The third-order valence-electron chi connectivity index (χ3n) is 2.76. The third-order valence-corrected chi connectivity index (χ3v) is 2.76. The monoisotopic (exact) mass is 233 g/mol. The van der Waals surface area contributed by atoms with Gasteiger partial charge in [-0.15, -0.1) is 0 Å². The SMILES string of the molecule is CC1(C)CC(=O)N(c2ccc(N)cn2)C(=O)C1. The van der Waals surface area contributed by atoms with E-state index < -0.39 is 0 Å². The van der Waals surface area contributed by atoms with Gasteiger partial charge >= 0.3 is 0 Å². The molecular formula is C12H15N3O2. The van der Waals surface area contributed by atoms with Crippen molar-refractivity contribution >= 4 is 23.3 Å². The summed E-state index contributed by atoms with van der Waals surface area (Å²) < 4.78 is 0. The highest BCUT2D eigenvalue weighted by Gasteiger charge is 2.38. The van der Waals surface area contributed by atoms with Crippen LogP contribution in [0.5, 0.6) is 0 Å². The van der Waals surface area contributed by atoms with E-state index in [2.05, 4.69) is 4.98 Å². The molecule has 0 unspecified atom stereocenters. The third kappa shape index (κ3) is 2.27. The molecule has 0 saturated carbocycles. The number of piperidine rings is 1. The smallest absolute Gasteiger partial charge is 0.235 e.